The van der Waals surface area contributed by atoms with Crippen LogP contribution in [0.2, 0.25) is 0 Å². The number of rotatable bonds is 8. The van der Waals surface area contributed by atoms with Crippen LogP contribution < -0.4 is 14.8 Å². The molecule has 0 radical (unpaired) electrons. The summed E-state index contributed by atoms with van der Waals surface area (Å²) in [6, 6.07) is 22.6. The molecule has 0 aromatic heterocycles. The molecule has 0 aliphatic heterocycles. The van der Waals surface area contributed by atoms with Crippen LogP contribution in [0.25, 0.3) is 0 Å². The summed E-state index contributed by atoms with van der Waals surface area (Å²) >= 11 is 0. The quantitative estimate of drug-likeness (QED) is 0.578. The van der Waals surface area contributed by atoms with Gasteiger partial charge in [-0.1, -0.05) is 42.5 Å². The van der Waals surface area contributed by atoms with Gasteiger partial charge < -0.3 is 10.1 Å². The summed E-state index contributed by atoms with van der Waals surface area (Å²) in [5, 5.41) is 2.96. The van der Waals surface area contributed by atoms with Crippen LogP contribution in [-0.2, 0) is 16.6 Å². The molecule has 0 heterocycles. The van der Waals surface area contributed by atoms with E-state index in [-0.39, 0.29) is 23.4 Å². The standard InChI is InChI=1S/C23H24N2O4S/c1-17(19-6-4-3-5-7-19)25-23(26)20-10-8-18(9-11-20)16-24-30(27,28)22-14-12-21(29-2)13-15-22/h3-15,17,24H,16H2,1-2H3,(H,25,26). The normalized spacial score (nSPS) is 12.2. The summed E-state index contributed by atoms with van der Waals surface area (Å²) in [5.41, 5.74) is 2.29. The highest BCUT2D eigenvalue weighted by molar-refractivity contribution is 7.89. The van der Waals surface area contributed by atoms with Crippen LogP contribution in [0.3, 0.4) is 0 Å². The molecule has 0 saturated carbocycles. The van der Waals surface area contributed by atoms with E-state index in [2.05, 4.69) is 10.0 Å². The lowest BCUT2D eigenvalue weighted by molar-refractivity contribution is 0.0940. The van der Waals surface area contributed by atoms with Gasteiger partial charge >= 0.3 is 0 Å². The molecule has 0 aliphatic carbocycles. The molecule has 0 fully saturated rings. The Hall–Kier alpha value is -3.16. The second-order valence-electron chi connectivity index (χ2n) is 6.80. The lowest BCUT2D eigenvalue weighted by Gasteiger charge is -2.14. The fraction of sp³-hybridized carbons (Fsp3) is 0.174. The van der Waals surface area contributed by atoms with Crippen LogP contribution >= 0.6 is 0 Å². The molecule has 0 bridgehead atoms. The van der Waals surface area contributed by atoms with E-state index in [1.807, 2.05) is 37.3 Å². The minimum Gasteiger partial charge on any atom is -0.497 e. The number of amides is 1. The highest BCUT2D eigenvalue weighted by Gasteiger charge is 2.14. The number of sulfonamides is 1. The van der Waals surface area contributed by atoms with Crippen molar-refractivity contribution in [2.75, 3.05) is 7.11 Å². The summed E-state index contributed by atoms with van der Waals surface area (Å²) in [7, 11) is -2.12. The minimum absolute atomic E-state index is 0.116. The van der Waals surface area contributed by atoms with Crippen LogP contribution in [0.4, 0.5) is 0 Å². The average Bonchev–Trinajstić information content (AvgIpc) is 2.78. The molecular weight excluding hydrogens is 400 g/mol. The fourth-order valence-electron chi connectivity index (χ4n) is 2.90. The zero-order valence-corrected chi connectivity index (χ0v) is 17.6. The molecule has 30 heavy (non-hydrogen) atoms. The van der Waals surface area contributed by atoms with Gasteiger partial charge in [0, 0.05) is 12.1 Å². The number of carbonyl (C=O) groups is 1. The van der Waals surface area contributed by atoms with Crippen molar-refractivity contribution in [2.24, 2.45) is 0 Å². The monoisotopic (exact) mass is 424 g/mol. The van der Waals surface area contributed by atoms with Crippen LogP contribution in [0.15, 0.2) is 83.8 Å². The van der Waals surface area contributed by atoms with Crippen molar-refractivity contribution in [1.29, 1.82) is 0 Å². The van der Waals surface area contributed by atoms with Crippen LogP contribution in [0.5, 0.6) is 5.75 Å². The number of carbonyl (C=O) groups excluding carboxylic acids is 1. The molecule has 2 N–H and O–H groups in total. The molecule has 3 rings (SSSR count). The third-order valence-corrected chi connectivity index (χ3v) is 6.12. The molecule has 3 aromatic rings. The van der Waals surface area contributed by atoms with Crippen molar-refractivity contribution in [3.8, 4) is 5.75 Å². The molecular formula is C23H24N2O4S. The summed E-state index contributed by atoms with van der Waals surface area (Å²) in [5.74, 6) is 0.404. The maximum atomic E-state index is 12.5. The Morgan fingerprint density at radius 1 is 0.933 bits per heavy atom. The summed E-state index contributed by atoms with van der Waals surface area (Å²) in [6.45, 7) is 2.05. The van der Waals surface area contributed by atoms with Gasteiger partial charge in [0.1, 0.15) is 5.75 Å². The van der Waals surface area contributed by atoms with Gasteiger partial charge in [-0.15, -0.1) is 0 Å². The lowest BCUT2D eigenvalue weighted by Crippen LogP contribution is -2.26. The Kier molecular flexibility index (Phi) is 6.87. The Labute approximate surface area is 177 Å². The zero-order valence-electron chi connectivity index (χ0n) is 16.8. The van der Waals surface area contributed by atoms with E-state index in [1.165, 1.54) is 19.2 Å². The Bertz CT molecular complexity index is 1080. The maximum Gasteiger partial charge on any atom is 0.251 e. The maximum absolute atomic E-state index is 12.5. The van der Waals surface area contributed by atoms with Crippen molar-refractivity contribution < 1.29 is 17.9 Å². The number of nitrogens with one attached hydrogen (secondary N) is 2. The van der Waals surface area contributed by atoms with Gasteiger partial charge in [0.15, 0.2) is 0 Å². The second kappa shape index (κ2) is 9.56. The van der Waals surface area contributed by atoms with Gasteiger partial charge in [-0.3, -0.25) is 4.79 Å². The van der Waals surface area contributed by atoms with E-state index in [1.54, 1.807) is 36.4 Å². The first-order valence-electron chi connectivity index (χ1n) is 9.47. The summed E-state index contributed by atoms with van der Waals surface area (Å²) in [6.07, 6.45) is 0. The van der Waals surface area contributed by atoms with Crippen molar-refractivity contribution in [3.05, 3.63) is 95.6 Å². The Balaban J connectivity index is 1.59. The highest BCUT2D eigenvalue weighted by atomic mass is 32.2. The predicted molar refractivity (Wildman–Crippen MR) is 116 cm³/mol. The molecule has 7 heteroatoms. The smallest absolute Gasteiger partial charge is 0.251 e. The molecule has 0 spiro atoms. The Morgan fingerprint density at radius 2 is 1.57 bits per heavy atom. The molecule has 6 nitrogen and oxygen atoms in total. The largest absolute Gasteiger partial charge is 0.497 e. The fourth-order valence-corrected chi connectivity index (χ4v) is 3.91. The van der Waals surface area contributed by atoms with E-state index in [9.17, 15) is 13.2 Å². The van der Waals surface area contributed by atoms with E-state index in [0.717, 1.165) is 11.1 Å². The number of methoxy groups -OCH3 is 1. The highest BCUT2D eigenvalue weighted by Crippen LogP contribution is 2.16. The average molecular weight is 425 g/mol. The number of hydrogen-bond acceptors (Lipinski definition) is 4. The first kappa shape index (κ1) is 21.5. The first-order valence-corrected chi connectivity index (χ1v) is 11.0. The van der Waals surface area contributed by atoms with Gasteiger partial charge in [-0.25, -0.2) is 13.1 Å². The van der Waals surface area contributed by atoms with Crippen LogP contribution in [0, 0.1) is 0 Å². The van der Waals surface area contributed by atoms with Crippen LogP contribution in [-0.4, -0.2) is 21.4 Å². The molecule has 0 saturated heterocycles. The Morgan fingerprint density at radius 3 is 2.17 bits per heavy atom. The van der Waals surface area contributed by atoms with Crippen molar-refractivity contribution in [1.82, 2.24) is 10.0 Å². The number of hydrogen-bond donors (Lipinski definition) is 2. The molecule has 1 amide bonds. The van der Waals surface area contributed by atoms with E-state index < -0.39 is 10.0 Å². The summed E-state index contributed by atoms with van der Waals surface area (Å²) in [4.78, 5) is 12.6. The van der Waals surface area contributed by atoms with E-state index in [0.29, 0.717) is 11.3 Å². The van der Waals surface area contributed by atoms with Gasteiger partial charge in [-0.05, 0) is 54.4 Å². The molecule has 3 aromatic carbocycles. The molecule has 1 atom stereocenters. The first-order chi connectivity index (χ1) is 14.4. The van der Waals surface area contributed by atoms with Gasteiger partial charge in [0.25, 0.3) is 5.91 Å². The van der Waals surface area contributed by atoms with Gasteiger partial charge in [-0.2, -0.15) is 0 Å². The topological polar surface area (TPSA) is 84.5 Å². The third-order valence-electron chi connectivity index (χ3n) is 4.70. The zero-order chi connectivity index (χ0) is 21.6. The minimum atomic E-state index is -3.64. The van der Waals surface area contributed by atoms with E-state index in [4.69, 9.17) is 4.74 Å². The third kappa shape index (κ3) is 5.46. The predicted octanol–water partition coefficient (Wildman–Crippen LogP) is 3.66. The van der Waals surface area contributed by atoms with Crippen molar-refractivity contribution in [3.63, 3.8) is 0 Å². The van der Waals surface area contributed by atoms with E-state index >= 15 is 0 Å². The SMILES string of the molecule is COc1ccc(S(=O)(=O)NCc2ccc(C(=O)NC(C)c3ccccc3)cc2)cc1. The van der Waals surface area contributed by atoms with Gasteiger partial charge in [0.2, 0.25) is 10.0 Å². The molecule has 0 aliphatic rings. The number of benzene rings is 3. The van der Waals surface area contributed by atoms with Crippen LogP contribution in [0.1, 0.15) is 34.5 Å². The number of ether oxygens (including phenoxy) is 1. The lowest BCUT2D eigenvalue weighted by atomic mass is 10.1. The summed E-state index contributed by atoms with van der Waals surface area (Å²) < 4.78 is 32.4. The molecule has 1 unspecified atom stereocenters. The van der Waals surface area contributed by atoms with Crippen molar-refractivity contribution in [2.45, 2.75) is 24.4 Å². The second-order valence-corrected chi connectivity index (χ2v) is 8.57. The van der Waals surface area contributed by atoms with Crippen molar-refractivity contribution >= 4 is 15.9 Å². The van der Waals surface area contributed by atoms with Gasteiger partial charge in [0.05, 0.1) is 18.0 Å². The molecule has 156 valence electrons.